The van der Waals surface area contributed by atoms with E-state index in [0.717, 1.165) is 0 Å². The van der Waals surface area contributed by atoms with Gasteiger partial charge in [0.1, 0.15) is 6.61 Å². The Hall–Kier alpha value is -0.360. The highest BCUT2D eigenvalue weighted by Crippen LogP contribution is 2.22. The Kier molecular flexibility index (Phi) is 4.47. The van der Waals surface area contributed by atoms with Crippen LogP contribution in [-0.2, 0) is 4.74 Å². The quantitative estimate of drug-likeness (QED) is 0.660. The van der Waals surface area contributed by atoms with Crippen LogP contribution in [0.25, 0.3) is 0 Å². The molecule has 0 spiro atoms. The van der Waals surface area contributed by atoms with E-state index in [2.05, 4.69) is 4.74 Å². The molecule has 0 bridgehead atoms. The van der Waals surface area contributed by atoms with Gasteiger partial charge in [-0.25, -0.2) is 8.78 Å². The molecule has 0 aliphatic rings. The largest absolute Gasteiger partial charge is 0.373 e. The van der Waals surface area contributed by atoms with Crippen molar-refractivity contribution in [3.8, 4) is 0 Å². The van der Waals surface area contributed by atoms with E-state index < -0.39 is 25.0 Å². The molecule has 0 aromatic rings. The van der Waals surface area contributed by atoms with Crippen LogP contribution in [0.4, 0.5) is 17.6 Å². The van der Waals surface area contributed by atoms with Crippen molar-refractivity contribution < 1.29 is 22.3 Å². The molecule has 0 amide bonds. The average Bonchev–Trinajstić information content (AvgIpc) is 1.85. The van der Waals surface area contributed by atoms with Crippen molar-refractivity contribution in [3.05, 3.63) is 0 Å². The monoisotopic (exact) mass is 189 g/mol. The minimum atomic E-state index is -4.07. The van der Waals surface area contributed by atoms with Crippen LogP contribution in [0.1, 0.15) is 6.92 Å². The zero-order chi connectivity index (χ0) is 9.78. The van der Waals surface area contributed by atoms with Gasteiger partial charge in [-0.2, -0.15) is 8.78 Å². The van der Waals surface area contributed by atoms with Gasteiger partial charge < -0.3 is 10.5 Å². The fraction of sp³-hybridized carbons (Fsp3) is 1.00. The van der Waals surface area contributed by atoms with Crippen LogP contribution in [0, 0.1) is 0 Å². The molecule has 0 saturated carbocycles. The van der Waals surface area contributed by atoms with Crippen molar-refractivity contribution in [3.63, 3.8) is 0 Å². The van der Waals surface area contributed by atoms with E-state index in [1.165, 1.54) is 6.92 Å². The Labute approximate surface area is 67.7 Å². The lowest BCUT2D eigenvalue weighted by molar-refractivity contribution is -0.166. The summed E-state index contributed by atoms with van der Waals surface area (Å²) in [6.07, 6.45) is -3.69. The molecular weight excluding hydrogens is 178 g/mol. The van der Waals surface area contributed by atoms with Gasteiger partial charge in [-0.3, -0.25) is 0 Å². The second-order valence-corrected chi connectivity index (χ2v) is 2.55. The molecule has 74 valence electrons. The molecule has 0 aliphatic heterocycles. The molecule has 1 atom stereocenters. The summed E-state index contributed by atoms with van der Waals surface area (Å²) in [5.41, 5.74) is 5.14. The number of hydrogen-bond acceptors (Lipinski definition) is 2. The van der Waals surface area contributed by atoms with Gasteiger partial charge >= 0.3 is 12.3 Å². The Morgan fingerprint density at radius 3 is 2.25 bits per heavy atom. The fourth-order valence-corrected chi connectivity index (χ4v) is 0.444. The zero-order valence-corrected chi connectivity index (χ0v) is 6.57. The molecule has 0 saturated heterocycles. The summed E-state index contributed by atoms with van der Waals surface area (Å²) in [6.45, 7) is 0.0923. The molecule has 12 heavy (non-hydrogen) atoms. The first-order valence-electron chi connectivity index (χ1n) is 3.35. The van der Waals surface area contributed by atoms with E-state index in [4.69, 9.17) is 5.73 Å². The van der Waals surface area contributed by atoms with Crippen molar-refractivity contribution in [1.82, 2.24) is 0 Å². The van der Waals surface area contributed by atoms with E-state index in [-0.39, 0.29) is 6.61 Å². The van der Waals surface area contributed by atoms with Crippen molar-refractivity contribution in [2.24, 2.45) is 5.73 Å². The van der Waals surface area contributed by atoms with Gasteiger partial charge in [-0.1, -0.05) is 0 Å². The molecule has 0 rings (SSSR count). The van der Waals surface area contributed by atoms with Crippen molar-refractivity contribution >= 4 is 0 Å². The van der Waals surface area contributed by atoms with Crippen LogP contribution in [0.3, 0.4) is 0 Å². The van der Waals surface area contributed by atoms with Crippen LogP contribution in [0.5, 0.6) is 0 Å². The Morgan fingerprint density at radius 1 is 1.42 bits per heavy atom. The van der Waals surface area contributed by atoms with Gasteiger partial charge in [0.25, 0.3) is 0 Å². The third kappa shape index (κ3) is 4.50. The maximum Gasteiger partial charge on any atom is 0.330 e. The minimum Gasteiger partial charge on any atom is -0.373 e. The number of alkyl halides is 4. The molecule has 0 aromatic heterocycles. The third-order valence-electron chi connectivity index (χ3n) is 0.995. The third-order valence-corrected chi connectivity index (χ3v) is 0.995. The highest BCUT2D eigenvalue weighted by Gasteiger charge is 2.40. The van der Waals surface area contributed by atoms with Gasteiger partial charge in [0.2, 0.25) is 0 Å². The SMILES string of the molecule is C[C@@H](N)COCC(F)(F)C(F)F. The van der Waals surface area contributed by atoms with Crippen LogP contribution >= 0.6 is 0 Å². The minimum absolute atomic E-state index is 0.150. The summed E-state index contributed by atoms with van der Waals surface area (Å²) >= 11 is 0. The average molecular weight is 189 g/mol. The first-order chi connectivity index (χ1) is 5.36. The second-order valence-electron chi connectivity index (χ2n) is 2.55. The van der Waals surface area contributed by atoms with E-state index in [1.54, 1.807) is 0 Å². The van der Waals surface area contributed by atoms with Crippen LogP contribution in [0.15, 0.2) is 0 Å². The molecule has 0 aromatic carbocycles. The van der Waals surface area contributed by atoms with Crippen molar-refractivity contribution in [2.45, 2.75) is 25.3 Å². The summed E-state index contributed by atoms with van der Waals surface area (Å²) in [5.74, 6) is -4.07. The second kappa shape index (κ2) is 4.61. The Balaban J connectivity index is 3.61. The van der Waals surface area contributed by atoms with Gasteiger partial charge in [0.15, 0.2) is 0 Å². The van der Waals surface area contributed by atoms with E-state index in [9.17, 15) is 17.6 Å². The van der Waals surface area contributed by atoms with Crippen LogP contribution < -0.4 is 5.73 Å². The summed E-state index contributed by atoms with van der Waals surface area (Å²) in [5, 5.41) is 0. The number of ether oxygens (including phenoxy) is 1. The lowest BCUT2D eigenvalue weighted by Gasteiger charge is -2.15. The van der Waals surface area contributed by atoms with Crippen LogP contribution in [0.2, 0.25) is 0 Å². The van der Waals surface area contributed by atoms with E-state index in [0.29, 0.717) is 0 Å². The summed E-state index contributed by atoms with van der Waals surface area (Å²) < 4.78 is 51.4. The fourth-order valence-electron chi connectivity index (χ4n) is 0.444. The lowest BCUT2D eigenvalue weighted by Crippen LogP contribution is -2.34. The van der Waals surface area contributed by atoms with Gasteiger partial charge in [-0.15, -0.1) is 0 Å². The highest BCUT2D eigenvalue weighted by atomic mass is 19.3. The standard InChI is InChI=1S/C6H11F4NO/c1-4(11)2-12-3-6(9,10)5(7)8/h4-5H,2-3,11H2,1H3/t4-/m1/s1. The number of halogens is 4. The number of nitrogens with two attached hydrogens (primary N) is 1. The highest BCUT2D eigenvalue weighted by molar-refractivity contribution is 4.68. The number of hydrogen-bond donors (Lipinski definition) is 1. The predicted molar refractivity (Wildman–Crippen MR) is 35.4 cm³/mol. The van der Waals surface area contributed by atoms with E-state index >= 15 is 0 Å². The topological polar surface area (TPSA) is 35.2 Å². The van der Waals surface area contributed by atoms with E-state index in [1.807, 2.05) is 0 Å². The van der Waals surface area contributed by atoms with Gasteiger partial charge in [-0.05, 0) is 6.92 Å². The molecule has 6 heteroatoms. The maximum absolute atomic E-state index is 12.1. The molecule has 0 heterocycles. The molecule has 0 aliphatic carbocycles. The van der Waals surface area contributed by atoms with Crippen LogP contribution in [-0.4, -0.2) is 31.6 Å². The van der Waals surface area contributed by atoms with Gasteiger partial charge in [0, 0.05) is 6.04 Å². The molecule has 0 radical (unpaired) electrons. The molecule has 0 fully saturated rings. The Morgan fingerprint density at radius 2 is 1.92 bits per heavy atom. The zero-order valence-electron chi connectivity index (χ0n) is 6.57. The lowest BCUT2D eigenvalue weighted by atomic mass is 10.3. The smallest absolute Gasteiger partial charge is 0.330 e. The first kappa shape index (κ1) is 11.6. The predicted octanol–water partition coefficient (Wildman–Crippen LogP) is 1.25. The summed E-state index contributed by atoms with van der Waals surface area (Å²) in [6, 6.07) is -0.432. The molecular formula is C6H11F4NO. The number of rotatable bonds is 5. The van der Waals surface area contributed by atoms with Gasteiger partial charge in [0.05, 0.1) is 6.61 Å². The summed E-state index contributed by atoms with van der Waals surface area (Å²) in [7, 11) is 0. The van der Waals surface area contributed by atoms with Crippen molar-refractivity contribution in [1.29, 1.82) is 0 Å². The van der Waals surface area contributed by atoms with Crippen molar-refractivity contribution in [2.75, 3.05) is 13.2 Å². The molecule has 0 unspecified atom stereocenters. The molecule has 2 nitrogen and oxygen atoms in total. The maximum atomic E-state index is 12.1. The summed E-state index contributed by atoms with van der Waals surface area (Å²) in [4.78, 5) is 0. The Bertz CT molecular complexity index is 129. The first-order valence-corrected chi connectivity index (χ1v) is 3.35. The normalized spacial score (nSPS) is 15.2. The molecule has 2 N–H and O–H groups in total.